The molecule has 3 rings (SSSR count). The third kappa shape index (κ3) is 2.80. The van der Waals surface area contributed by atoms with Crippen molar-refractivity contribution in [3.63, 3.8) is 0 Å². The summed E-state index contributed by atoms with van der Waals surface area (Å²) in [4.78, 5) is 8.69. The first-order chi connectivity index (χ1) is 9.42. The highest BCUT2D eigenvalue weighted by Gasteiger charge is 2.01. The van der Waals surface area contributed by atoms with E-state index in [1.54, 1.807) is 18.7 Å². The number of furan rings is 1. The molecule has 0 aliphatic heterocycles. The lowest BCUT2D eigenvalue weighted by molar-refractivity contribution is 0.518. The van der Waals surface area contributed by atoms with Crippen LogP contribution < -0.4 is 5.32 Å². The zero-order valence-electron chi connectivity index (χ0n) is 10.3. The lowest BCUT2D eigenvalue weighted by atomic mass is 10.2. The Morgan fingerprint density at radius 2 is 1.74 bits per heavy atom. The van der Waals surface area contributed by atoms with Crippen molar-refractivity contribution < 1.29 is 4.42 Å². The van der Waals surface area contributed by atoms with Crippen molar-refractivity contribution in [2.45, 2.75) is 6.54 Å². The Hall–Kier alpha value is -2.62. The van der Waals surface area contributed by atoms with E-state index in [1.807, 2.05) is 42.5 Å². The van der Waals surface area contributed by atoms with Crippen LogP contribution in [0.2, 0.25) is 0 Å². The largest absolute Gasteiger partial charge is 0.467 e. The van der Waals surface area contributed by atoms with Crippen LogP contribution in [0.1, 0.15) is 5.76 Å². The minimum Gasteiger partial charge on any atom is -0.467 e. The summed E-state index contributed by atoms with van der Waals surface area (Å²) in [6, 6.07) is 13.7. The van der Waals surface area contributed by atoms with E-state index in [1.165, 1.54) is 0 Å². The summed E-state index contributed by atoms with van der Waals surface area (Å²) in [7, 11) is 0. The molecule has 0 unspecified atom stereocenters. The second kappa shape index (κ2) is 5.35. The topological polar surface area (TPSA) is 51.0 Å². The van der Waals surface area contributed by atoms with E-state index >= 15 is 0 Å². The van der Waals surface area contributed by atoms with Gasteiger partial charge in [-0.25, -0.2) is 9.97 Å². The third-order valence-corrected chi connectivity index (χ3v) is 2.73. The van der Waals surface area contributed by atoms with Gasteiger partial charge in [0.2, 0.25) is 0 Å². The zero-order chi connectivity index (χ0) is 12.9. The van der Waals surface area contributed by atoms with Gasteiger partial charge in [-0.05, 0) is 12.1 Å². The summed E-state index contributed by atoms with van der Waals surface area (Å²) in [5, 5.41) is 3.21. The third-order valence-electron chi connectivity index (χ3n) is 2.73. The SMILES string of the molecule is c1ccc(-c2ncc(NCc3ccco3)cn2)cc1. The molecule has 19 heavy (non-hydrogen) atoms. The number of hydrogen-bond donors (Lipinski definition) is 1. The maximum Gasteiger partial charge on any atom is 0.159 e. The monoisotopic (exact) mass is 251 g/mol. The second-order valence-corrected chi connectivity index (χ2v) is 4.09. The van der Waals surface area contributed by atoms with Crippen molar-refractivity contribution in [2.75, 3.05) is 5.32 Å². The Balaban J connectivity index is 1.69. The molecule has 0 amide bonds. The molecule has 0 aliphatic rings. The number of aromatic nitrogens is 2. The summed E-state index contributed by atoms with van der Waals surface area (Å²) < 4.78 is 5.24. The van der Waals surface area contributed by atoms with Crippen molar-refractivity contribution in [3.05, 3.63) is 66.9 Å². The van der Waals surface area contributed by atoms with Gasteiger partial charge in [-0.3, -0.25) is 0 Å². The van der Waals surface area contributed by atoms with Gasteiger partial charge in [0, 0.05) is 5.56 Å². The number of nitrogens with one attached hydrogen (secondary N) is 1. The zero-order valence-corrected chi connectivity index (χ0v) is 10.3. The molecule has 2 aromatic heterocycles. The van der Waals surface area contributed by atoms with Crippen LogP contribution in [0.15, 0.2) is 65.5 Å². The molecule has 94 valence electrons. The predicted molar refractivity (Wildman–Crippen MR) is 73.5 cm³/mol. The van der Waals surface area contributed by atoms with Crippen molar-refractivity contribution in [1.29, 1.82) is 0 Å². The first-order valence-corrected chi connectivity index (χ1v) is 6.05. The van der Waals surface area contributed by atoms with Crippen LogP contribution in [-0.2, 0) is 6.54 Å². The van der Waals surface area contributed by atoms with Gasteiger partial charge >= 0.3 is 0 Å². The van der Waals surface area contributed by atoms with E-state index in [4.69, 9.17) is 4.42 Å². The average molecular weight is 251 g/mol. The molecule has 1 N–H and O–H groups in total. The first kappa shape index (κ1) is 11.5. The van der Waals surface area contributed by atoms with Crippen LogP contribution in [0.25, 0.3) is 11.4 Å². The summed E-state index contributed by atoms with van der Waals surface area (Å²) in [5.41, 5.74) is 1.89. The quantitative estimate of drug-likeness (QED) is 0.772. The molecule has 0 saturated heterocycles. The molecule has 3 aromatic rings. The lowest BCUT2D eigenvalue weighted by Gasteiger charge is -2.04. The maximum absolute atomic E-state index is 5.24. The number of hydrogen-bond acceptors (Lipinski definition) is 4. The van der Waals surface area contributed by atoms with Crippen molar-refractivity contribution in [1.82, 2.24) is 9.97 Å². The van der Waals surface area contributed by atoms with E-state index in [-0.39, 0.29) is 0 Å². The van der Waals surface area contributed by atoms with Crippen LogP contribution in [-0.4, -0.2) is 9.97 Å². The number of benzene rings is 1. The van der Waals surface area contributed by atoms with E-state index < -0.39 is 0 Å². The predicted octanol–water partition coefficient (Wildman–Crippen LogP) is 3.35. The van der Waals surface area contributed by atoms with Crippen LogP contribution >= 0.6 is 0 Å². The van der Waals surface area contributed by atoms with Crippen LogP contribution in [0.5, 0.6) is 0 Å². The fourth-order valence-corrected chi connectivity index (χ4v) is 1.76. The Bertz CT molecular complexity index is 618. The lowest BCUT2D eigenvalue weighted by Crippen LogP contribution is -1.99. The molecule has 4 heteroatoms. The highest BCUT2D eigenvalue weighted by molar-refractivity contribution is 5.55. The van der Waals surface area contributed by atoms with Gasteiger partial charge in [-0.2, -0.15) is 0 Å². The summed E-state index contributed by atoms with van der Waals surface area (Å²) in [6.07, 6.45) is 5.21. The normalized spacial score (nSPS) is 10.3. The highest BCUT2D eigenvalue weighted by atomic mass is 16.3. The molecule has 0 radical (unpaired) electrons. The Kier molecular flexibility index (Phi) is 3.23. The number of nitrogens with zero attached hydrogens (tertiary/aromatic N) is 2. The van der Waals surface area contributed by atoms with Crippen molar-refractivity contribution in [3.8, 4) is 11.4 Å². The van der Waals surface area contributed by atoms with Gasteiger partial charge in [-0.1, -0.05) is 30.3 Å². The smallest absolute Gasteiger partial charge is 0.159 e. The second-order valence-electron chi connectivity index (χ2n) is 4.09. The molecule has 0 saturated carbocycles. The van der Waals surface area contributed by atoms with Crippen molar-refractivity contribution in [2.24, 2.45) is 0 Å². The first-order valence-electron chi connectivity index (χ1n) is 6.05. The fraction of sp³-hybridized carbons (Fsp3) is 0.0667. The molecule has 0 bridgehead atoms. The molecule has 0 spiro atoms. The van der Waals surface area contributed by atoms with E-state index in [2.05, 4.69) is 15.3 Å². The molecular formula is C15H13N3O. The van der Waals surface area contributed by atoms with Gasteiger partial charge in [-0.15, -0.1) is 0 Å². The van der Waals surface area contributed by atoms with E-state index in [9.17, 15) is 0 Å². The van der Waals surface area contributed by atoms with Gasteiger partial charge in [0.1, 0.15) is 5.76 Å². The highest BCUT2D eigenvalue weighted by Crippen LogP contribution is 2.15. The molecule has 1 aromatic carbocycles. The Morgan fingerprint density at radius 3 is 2.42 bits per heavy atom. The van der Waals surface area contributed by atoms with Crippen LogP contribution in [0.4, 0.5) is 5.69 Å². The minimum absolute atomic E-state index is 0.626. The summed E-state index contributed by atoms with van der Waals surface area (Å²) >= 11 is 0. The Labute approximate surface area is 111 Å². The van der Waals surface area contributed by atoms with Crippen LogP contribution in [0.3, 0.4) is 0 Å². The molecule has 0 fully saturated rings. The number of rotatable bonds is 4. The fourth-order valence-electron chi connectivity index (χ4n) is 1.76. The summed E-state index contributed by atoms with van der Waals surface area (Å²) in [6.45, 7) is 0.626. The maximum atomic E-state index is 5.24. The molecule has 0 atom stereocenters. The minimum atomic E-state index is 0.626. The molecule has 0 aliphatic carbocycles. The van der Waals surface area contributed by atoms with Gasteiger partial charge < -0.3 is 9.73 Å². The van der Waals surface area contributed by atoms with E-state index in [0.717, 1.165) is 22.8 Å². The number of anilines is 1. The van der Waals surface area contributed by atoms with Gasteiger partial charge in [0.05, 0.1) is 30.9 Å². The standard InChI is InChI=1S/C15H13N3O/c1-2-5-12(6-3-1)15-17-9-13(10-18-15)16-11-14-7-4-8-19-14/h1-10,16H,11H2. The van der Waals surface area contributed by atoms with Gasteiger partial charge in [0.25, 0.3) is 0 Å². The van der Waals surface area contributed by atoms with Crippen molar-refractivity contribution >= 4 is 5.69 Å². The van der Waals surface area contributed by atoms with Gasteiger partial charge in [0.15, 0.2) is 5.82 Å². The average Bonchev–Trinajstić information content (AvgIpc) is 3.00. The Morgan fingerprint density at radius 1 is 0.947 bits per heavy atom. The summed E-state index contributed by atoms with van der Waals surface area (Å²) in [5.74, 6) is 1.61. The van der Waals surface area contributed by atoms with E-state index in [0.29, 0.717) is 6.54 Å². The molecule has 2 heterocycles. The van der Waals surface area contributed by atoms with Crippen LogP contribution in [0, 0.1) is 0 Å². The molecule has 4 nitrogen and oxygen atoms in total. The molecular weight excluding hydrogens is 238 g/mol.